The van der Waals surface area contributed by atoms with Crippen LogP contribution in [0, 0.1) is 10.1 Å². The quantitative estimate of drug-likeness (QED) is 0.483. The zero-order valence-electron chi connectivity index (χ0n) is 8.93. The Bertz CT molecular complexity index is 477. The van der Waals surface area contributed by atoms with E-state index in [1.807, 2.05) is 0 Å². The Kier molecular flexibility index (Phi) is 3.40. The molecule has 1 aromatic carbocycles. The maximum absolute atomic E-state index is 10.7. The van der Waals surface area contributed by atoms with Gasteiger partial charge < -0.3 is 5.11 Å². The van der Waals surface area contributed by atoms with Crippen LogP contribution < -0.4 is 0 Å². The number of aliphatic carboxylic acids is 1. The first kappa shape index (κ1) is 11.9. The molecule has 0 saturated carbocycles. The van der Waals surface area contributed by atoms with Gasteiger partial charge in [-0.15, -0.1) is 0 Å². The van der Waals surface area contributed by atoms with Gasteiger partial charge >= 0.3 is 5.97 Å². The van der Waals surface area contributed by atoms with Gasteiger partial charge in [0.2, 0.25) is 0 Å². The van der Waals surface area contributed by atoms with E-state index < -0.39 is 10.9 Å². The SMILES string of the molecule is C/C(C(=O)O)=C(\C)c1cccc([N+](=O)[O-])c1. The van der Waals surface area contributed by atoms with Gasteiger partial charge in [0, 0.05) is 17.7 Å². The summed E-state index contributed by atoms with van der Waals surface area (Å²) < 4.78 is 0. The number of hydrogen-bond donors (Lipinski definition) is 1. The average Bonchev–Trinajstić information content (AvgIpc) is 2.27. The first-order valence-corrected chi connectivity index (χ1v) is 4.59. The highest BCUT2D eigenvalue weighted by atomic mass is 16.6. The molecule has 0 aliphatic carbocycles. The largest absolute Gasteiger partial charge is 0.478 e. The zero-order chi connectivity index (χ0) is 12.3. The molecule has 0 radical (unpaired) electrons. The Labute approximate surface area is 92.2 Å². The molecule has 0 amide bonds. The van der Waals surface area contributed by atoms with Crippen LogP contribution in [-0.4, -0.2) is 16.0 Å². The van der Waals surface area contributed by atoms with Crippen LogP contribution in [0.4, 0.5) is 5.69 Å². The highest BCUT2D eigenvalue weighted by Crippen LogP contribution is 2.22. The summed E-state index contributed by atoms with van der Waals surface area (Å²) in [4.78, 5) is 20.8. The van der Waals surface area contributed by atoms with Gasteiger partial charge in [0.15, 0.2) is 0 Å². The highest BCUT2D eigenvalue weighted by molar-refractivity contribution is 5.95. The molecule has 0 atom stereocenters. The third-order valence-corrected chi connectivity index (χ3v) is 2.37. The lowest BCUT2D eigenvalue weighted by atomic mass is 10.0. The van der Waals surface area contributed by atoms with Crippen molar-refractivity contribution in [2.24, 2.45) is 0 Å². The molecule has 0 saturated heterocycles. The average molecular weight is 221 g/mol. The summed E-state index contributed by atoms with van der Waals surface area (Å²) in [5.74, 6) is -1.02. The molecule has 0 aliphatic heterocycles. The molecule has 0 fully saturated rings. The van der Waals surface area contributed by atoms with E-state index in [1.165, 1.54) is 25.1 Å². The number of non-ortho nitro benzene ring substituents is 1. The lowest BCUT2D eigenvalue weighted by Crippen LogP contribution is -1.99. The number of nitrogens with zero attached hydrogens (tertiary/aromatic N) is 1. The number of carboxylic acid groups (broad SMARTS) is 1. The summed E-state index contributed by atoms with van der Waals surface area (Å²) in [6, 6.07) is 5.91. The van der Waals surface area contributed by atoms with Crippen LogP contribution in [0.2, 0.25) is 0 Å². The normalized spacial score (nSPS) is 11.9. The Balaban J connectivity index is 3.24. The van der Waals surface area contributed by atoms with Crippen molar-refractivity contribution in [1.29, 1.82) is 0 Å². The lowest BCUT2D eigenvalue weighted by molar-refractivity contribution is -0.384. The van der Waals surface area contributed by atoms with Crippen LogP contribution >= 0.6 is 0 Å². The first-order chi connectivity index (χ1) is 7.43. The number of hydrogen-bond acceptors (Lipinski definition) is 3. The van der Waals surface area contributed by atoms with Crippen molar-refractivity contribution in [3.05, 3.63) is 45.5 Å². The number of carboxylic acids is 1. The van der Waals surface area contributed by atoms with E-state index in [4.69, 9.17) is 5.11 Å². The summed E-state index contributed by atoms with van der Waals surface area (Å²) in [7, 11) is 0. The number of nitro benzene ring substituents is 1. The van der Waals surface area contributed by atoms with E-state index in [-0.39, 0.29) is 11.3 Å². The van der Waals surface area contributed by atoms with E-state index in [9.17, 15) is 14.9 Å². The van der Waals surface area contributed by atoms with Crippen molar-refractivity contribution in [2.45, 2.75) is 13.8 Å². The van der Waals surface area contributed by atoms with E-state index in [0.29, 0.717) is 11.1 Å². The molecule has 0 aromatic heterocycles. The van der Waals surface area contributed by atoms with Gasteiger partial charge in [-0.3, -0.25) is 10.1 Å². The number of carbonyl (C=O) groups is 1. The van der Waals surface area contributed by atoms with Crippen LogP contribution in [-0.2, 0) is 4.79 Å². The molecule has 1 aromatic rings. The molecule has 1 rings (SSSR count). The van der Waals surface area contributed by atoms with E-state index in [2.05, 4.69) is 0 Å². The second kappa shape index (κ2) is 4.57. The van der Waals surface area contributed by atoms with Crippen molar-refractivity contribution >= 4 is 17.2 Å². The summed E-state index contributed by atoms with van der Waals surface area (Å²) in [5.41, 5.74) is 1.21. The van der Waals surface area contributed by atoms with Crippen molar-refractivity contribution in [1.82, 2.24) is 0 Å². The van der Waals surface area contributed by atoms with Gasteiger partial charge in [0.1, 0.15) is 0 Å². The molecule has 1 N–H and O–H groups in total. The Morgan fingerprint density at radius 3 is 2.50 bits per heavy atom. The minimum Gasteiger partial charge on any atom is -0.478 e. The monoisotopic (exact) mass is 221 g/mol. The molecule has 0 heterocycles. The molecule has 5 nitrogen and oxygen atoms in total. The van der Waals surface area contributed by atoms with Crippen molar-refractivity contribution < 1.29 is 14.8 Å². The number of nitro groups is 1. The number of allylic oxidation sites excluding steroid dienone is 1. The summed E-state index contributed by atoms with van der Waals surface area (Å²) in [6.07, 6.45) is 0. The Morgan fingerprint density at radius 1 is 1.38 bits per heavy atom. The van der Waals surface area contributed by atoms with Crippen LogP contribution in [0.3, 0.4) is 0 Å². The first-order valence-electron chi connectivity index (χ1n) is 4.59. The molecular formula is C11H11NO4. The van der Waals surface area contributed by atoms with Gasteiger partial charge in [-0.1, -0.05) is 12.1 Å². The standard InChI is InChI=1S/C11H11NO4/c1-7(8(2)11(13)14)9-4-3-5-10(6-9)12(15)16/h3-6H,1-2H3,(H,13,14)/b8-7-. The third kappa shape index (κ3) is 2.44. The number of rotatable bonds is 3. The Hall–Kier alpha value is -2.17. The smallest absolute Gasteiger partial charge is 0.331 e. The minimum absolute atomic E-state index is 0.0463. The van der Waals surface area contributed by atoms with Crippen LogP contribution in [0.5, 0.6) is 0 Å². The molecular weight excluding hydrogens is 210 g/mol. The number of benzene rings is 1. The van der Waals surface area contributed by atoms with Gasteiger partial charge in [-0.25, -0.2) is 4.79 Å². The fourth-order valence-corrected chi connectivity index (χ4v) is 1.23. The molecule has 0 unspecified atom stereocenters. The predicted molar refractivity (Wildman–Crippen MR) is 59.0 cm³/mol. The molecule has 84 valence electrons. The van der Waals surface area contributed by atoms with E-state index in [1.54, 1.807) is 13.0 Å². The van der Waals surface area contributed by atoms with E-state index >= 15 is 0 Å². The maximum atomic E-state index is 10.7. The fourth-order valence-electron chi connectivity index (χ4n) is 1.23. The Morgan fingerprint density at radius 2 is 2.00 bits per heavy atom. The molecule has 0 spiro atoms. The lowest BCUT2D eigenvalue weighted by Gasteiger charge is -2.04. The predicted octanol–water partition coefficient (Wildman–Crippen LogP) is 2.47. The second-order valence-corrected chi connectivity index (χ2v) is 3.36. The molecule has 0 bridgehead atoms. The van der Waals surface area contributed by atoms with Crippen LogP contribution in [0.25, 0.3) is 5.57 Å². The summed E-state index contributed by atoms with van der Waals surface area (Å²) in [6.45, 7) is 3.10. The summed E-state index contributed by atoms with van der Waals surface area (Å²) in [5, 5.41) is 19.4. The maximum Gasteiger partial charge on any atom is 0.331 e. The molecule has 0 aliphatic rings. The van der Waals surface area contributed by atoms with Gasteiger partial charge in [-0.05, 0) is 25.0 Å². The highest BCUT2D eigenvalue weighted by Gasteiger charge is 2.10. The van der Waals surface area contributed by atoms with Crippen molar-refractivity contribution in [3.8, 4) is 0 Å². The van der Waals surface area contributed by atoms with E-state index in [0.717, 1.165) is 0 Å². The third-order valence-electron chi connectivity index (χ3n) is 2.37. The van der Waals surface area contributed by atoms with Gasteiger partial charge in [0.25, 0.3) is 5.69 Å². The topological polar surface area (TPSA) is 80.4 Å². The van der Waals surface area contributed by atoms with Gasteiger partial charge in [0.05, 0.1) is 4.92 Å². The molecule has 16 heavy (non-hydrogen) atoms. The second-order valence-electron chi connectivity index (χ2n) is 3.36. The van der Waals surface area contributed by atoms with Gasteiger partial charge in [-0.2, -0.15) is 0 Å². The zero-order valence-corrected chi connectivity index (χ0v) is 8.93. The summed E-state index contributed by atoms with van der Waals surface area (Å²) >= 11 is 0. The van der Waals surface area contributed by atoms with Crippen molar-refractivity contribution in [2.75, 3.05) is 0 Å². The fraction of sp³-hybridized carbons (Fsp3) is 0.182. The van der Waals surface area contributed by atoms with Crippen LogP contribution in [0.1, 0.15) is 19.4 Å². The van der Waals surface area contributed by atoms with Crippen molar-refractivity contribution in [3.63, 3.8) is 0 Å². The molecule has 5 heteroatoms. The van der Waals surface area contributed by atoms with Crippen LogP contribution in [0.15, 0.2) is 29.8 Å². The minimum atomic E-state index is -1.02.